The van der Waals surface area contributed by atoms with Crippen LogP contribution in [0.5, 0.6) is 5.75 Å². The number of unbranched alkanes of at least 4 members (excludes halogenated alkanes) is 1. The maximum Gasteiger partial charge on any atom is 0.382 e. The lowest BCUT2D eigenvalue weighted by molar-refractivity contribution is -0.130. The largest absolute Gasteiger partial charge is 0.492 e. The zero-order valence-electron chi connectivity index (χ0n) is 20.8. The minimum absolute atomic E-state index is 0.314. The standard InChI is InChI=1S/C30H33NO4S/c1-2-3-18-34-26-9-4-5-10-28(26)36-23-11-12-25-24(20-23)30(27(35-25)13-14-29(32)33)21-15-17-31-16-7-6-8-22(31)19-21/h4-5,9-12,20-22H,2-3,6-8,15-19H2,1H3,(H,32,33). The molecule has 2 aliphatic heterocycles. The Kier molecular flexibility index (Phi) is 7.89. The molecule has 0 amide bonds. The van der Waals surface area contributed by atoms with Crippen molar-refractivity contribution < 1.29 is 19.1 Å². The molecule has 2 aliphatic rings. The molecule has 188 valence electrons. The number of carbonyl (C=O) groups is 1. The van der Waals surface area contributed by atoms with Crippen molar-refractivity contribution in [2.24, 2.45) is 0 Å². The summed E-state index contributed by atoms with van der Waals surface area (Å²) in [4.78, 5) is 16.0. The van der Waals surface area contributed by atoms with Crippen LogP contribution in [-0.2, 0) is 4.79 Å². The highest BCUT2D eigenvalue weighted by Crippen LogP contribution is 2.43. The molecule has 6 heteroatoms. The Morgan fingerprint density at radius 1 is 1.19 bits per heavy atom. The number of furan rings is 1. The summed E-state index contributed by atoms with van der Waals surface area (Å²) >= 11 is 1.68. The molecule has 0 radical (unpaired) electrons. The number of para-hydroxylation sites is 1. The van der Waals surface area contributed by atoms with Crippen LogP contribution in [0.4, 0.5) is 0 Å². The van der Waals surface area contributed by atoms with Crippen molar-refractivity contribution in [3.05, 3.63) is 53.8 Å². The van der Waals surface area contributed by atoms with E-state index in [9.17, 15) is 9.90 Å². The van der Waals surface area contributed by atoms with Crippen molar-refractivity contribution in [3.8, 4) is 17.6 Å². The first-order chi connectivity index (χ1) is 17.6. The summed E-state index contributed by atoms with van der Waals surface area (Å²) in [7, 11) is 0. The van der Waals surface area contributed by atoms with E-state index in [1.165, 1.54) is 25.8 Å². The van der Waals surface area contributed by atoms with E-state index in [1.807, 2.05) is 24.3 Å². The summed E-state index contributed by atoms with van der Waals surface area (Å²) in [5.41, 5.74) is 1.85. The molecule has 0 aliphatic carbocycles. The third-order valence-corrected chi connectivity index (χ3v) is 8.34. The molecule has 2 atom stereocenters. The van der Waals surface area contributed by atoms with Crippen molar-refractivity contribution in [1.29, 1.82) is 0 Å². The summed E-state index contributed by atoms with van der Waals surface area (Å²) in [6.45, 7) is 5.14. The highest BCUT2D eigenvalue weighted by Gasteiger charge is 2.33. The van der Waals surface area contributed by atoms with Crippen molar-refractivity contribution in [3.63, 3.8) is 0 Å². The van der Waals surface area contributed by atoms with E-state index >= 15 is 0 Å². The second kappa shape index (κ2) is 11.5. The van der Waals surface area contributed by atoms with Gasteiger partial charge >= 0.3 is 5.97 Å². The molecule has 0 spiro atoms. The number of hydrogen-bond acceptors (Lipinski definition) is 5. The van der Waals surface area contributed by atoms with Gasteiger partial charge in [0.2, 0.25) is 0 Å². The van der Waals surface area contributed by atoms with Gasteiger partial charge in [-0.05, 0) is 87.4 Å². The highest BCUT2D eigenvalue weighted by atomic mass is 32.2. The van der Waals surface area contributed by atoms with E-state index in [1.54, 1.807) is 11.8 Å². The Morgan fingerprint density at radius 3 is 2.94 bits per heavy atom. The first-order valence-electron chi connectivity index (χ1n) is 13.1. The van der Waals surface area contributed by atoms with Gasteiger partial charge < -0.3 is 19.2 Å². The molecule has 0 bridgehead atoms. The van der Waals surface area contributed by atoms with E-state index in [0.717, 1.165) is 64.3 Å². The van der Waals surface area contributed by atoms with Crippen molar-refractivity contribution in [1.82, 2.24) is 4.90 Å². The molecular weight excluding hydrogens is 470 g/mol. The number of fused-ring (bicyclic) bond motifs is 2. The maximum atomic E-state index is 11.2. The molecular formula is C30H33NO4S. The van der Waals surface area contributed by atoms with Gasteiger partial charge in [0.15, 0.2) is 5.76 Å². The molecule has 0 saturated carbocycles. The second-order valence-corrected chi connectivity index (χ2v) is 10.8. The van der Waals surface area contributed by atoms with Crippen LogP contribution in [0.15, 0.2) is 56.7 Å². The fourth-order valence-electron chi connectivity index (χ4n) is 5.53. The second-order valence-electron chi connectivity index (χ2n) is 9.72. The Hall–Kier alpha value is -2.88. The fourth-order valence-corrected chi connectivity index (χ4v) is 6.47. The number of benzene rings is 2. The quantitative estimate of drug-likeness (QED) is 0.279. The van der Waals surface area contributed by atoms with Crippen LogP contribution in [0.3, 0.4) is 0 Å². The lowest BCUT2D eigenvalue weighted by Gasteiger charge is -2.42. The van der Waals surface area contributed by atoms with Gasteiger partial charge in [-0.15, -0.1) is 0 Å². The smallest absolute Gasteiger partial charge is 0.382 e. The van der Waals surface area contributed by atoms with E-state index in [2.05, 4.69) is 41.9 Å². The lowest BCUT2D eigenvalue weighted by Crippen LogP contribution is -2.44. The van der Waals surface area contributed by atoms with Gasteiger partial charge in [-0.2, -0.15) is 0 Å². The molecule has 5 rings (SSSR count). The average Bonchev–Trinajstić information content (AvgIpc) is 3.26. The Morgan fingerprint density at radius 2 is 2.08 bits per heavy atom. The molecule has 2 aromatic carbocycles. The van der Waals surface area contributed by atoms with Crippen molar-refractivity contribution in [2.75, 3.05) is 19.7 Å². The number of carboxylic acids is 1. The zero-order chi connectivity index (χ0) is 24.9. The topological polar surface area (TPSA) is 62.9 Å². The Labute approximate surface area is 217 Å². The molecule has 36 heavy (non-hydrogen) atoms. The summed E-state index contributed by atoms with van der Waals surface area (Å²) in [5, 5.41) is 10.2. The molecule has 2 fully saturated rings. The molecule has 3 heterocycles. The van der Waals surface area contributed by atoms with E-state index in [0.29, 0.717) is 24.3 Å². The predicted octanol–water partition coefficient (Wildman–Crippen LogP) is 6.93. The summed E-state index contributed by atoms with van der Waals surface area (Å²) in [5.74, 6) is 5.69. The zero-order valence-corrected chi connectivity index (χ0v) is 21.6. The van der Waals surface area contributed by atoms with Gasteiger partial charge in [0, 0.05) is 27.8 Å². The van der Waals surface area contributed by atoms with Crippen LogP contribution in [0.25, 0.3) is 11.0 Å². The normalized spacial score (nSPS) is 19.9. The van der Waals surface area contributed by atoms with E-state index in [4.69, 9.17) is 9.15 Å². The third kappa shape index (κ3) is 5.58. The van der Waals surface area contributed by atoms with Crippen molar-refractivity contribution in [2.45, 2.75) is 73.6 Å². The van der Waals surface area contributed by atoms with Gasteiger partial charge in [0.05, 0.1) is 11.5 Å². The van der Waals surface area contributed by atoms with Crippen LogP contribution >= 0.6 is 11.8 Å². The first kappa shape index (κ1) is 24.8. The molecule has 3 aromatic rings. The summed E-state index contributed by atoms with van der Waals surface area (Å²) in [6.07, 6.45) is 8.05. The molecule has 1 aromatic heterocycles. The third-order valence-electron chi connectivity index (χ3n) is 7.29. The van der Waals surface area contributed by atoms with Gasteiger partial charge in [0.1, 0.15) is 11.3 Å². The number of nitrogens with zero attached hydrogens (tertiary/aromatic N) is 1. The molecule has 1 N–H and O–H groups in total. The van der Waals surface area contributed by atoms with Gasteiger partial charge in [-0.3, -0.25) is 0 Å². The number of rotatable bonds is 7. The Bertz CT molecular complexity index is 1290. The van der Waals surface area contributed by atoms with Crippen LogP contribution in [-0.4, -0.2) is 41.7 Å². The fraction of sp³-hybridized carbons (Fsp3) is 0.433. The molecule has 2 unspecified atom stereocenters. The first-order valence-corrected chi connectivity index (χ1v) is 13.9. The van der Waals surface area contributed by atoms with Crippen molar-refractivity contribution >= 4 is 28.7 Å². The minimum atomic E-state index is -1.14. The predicted molar refractivity (Wildman–Crippen MR) is 143 cm³/mol. The van der Waals surface area contributed by atoms with Gasteiger partial charge in [-0.25, -0.2) is 4.79 Å². The van der Waals surface area contributed by atoms with Crippen LogP contribution in [0, 0.1) is 11.8 Å². The maximum absolute atomic E-state index is 11.2. The number of carboxylic acid groups (broad SMARTS) is 1. The van der Waals surface area contributed by atoms with Crippen LogP contribution in [0.1, 0.15) is 69.1 Å². The molecule has 5 nitrogen and oxygen atoms in total. The SMILES string of the molecule is CCCCOc1ccccc1Sc1ccc2oc(C#CC(=O)O)c(C3CCN4CCCCC4C3)c2c1. The summed E-state index contributed by atoms with van der Waals surface area (Å²) in [6, 6.07) is 15.0. The number of hydrogen-bond donors (Lipinski definition) is 1. The van der Waals surface area contributed by atoms with Crippen LogP contribution in [0.2, 0.25) is 0 Å². The number of piperidine rings is 2. The highest BCUT2D eigenvalue weighted by molar-refractivity contribution is 7.99. The van der Waals surface area contributed by atoms with E-state index < -0.39 is 5.97 Å². The lowest BCUT2D eigenvalue weighted by atomic mass is 9.81. The molecule has 2 saturated heterocycles. The van der Waals surface area contributed by atoms with E-state index in [-0.39, 0.29) is 0 Å². The van der Waals surface area contributed by atoms with Gasteiger partial charge in [0.25, 0.3) is 0 Å². The number of aliphatic carboxylic acids is 1. The number of ether oxygens (including phenoxy) is 1. The van der Waals surface area contributed by atoms with Crippen LogP contribution < -0.4 is 4.74 Å². The average molecular weight is 504 g/mol. The van der Waals surface area contributed by atoms with Gasteiger partial charge in [-0.1, -0.05) is 43.7 Å². The monoisotopic (exact) mass is 503 g/mol. The summed E-state index contributed by atoms with van der Waals surface area (Å²) < 4.78 is 12.2. The Balaban J connectivity index is 1.48. The minimum Gasteiger partial charge on any atom is -0.492 e.